The zero-order valence-electron chi connectivity index (χ0n) is 6.59. The molecule has 0 aromatic carbocycles. The lowest BCUT2D eigenvalue weighted by atomic mass is 10.2. The number of carbonyl (C=O) groups is 1. The molecule has 0 aliphatic carbocycles. The lowest BCUT2D eigenvalue weighted by Gasteiger charge is -2.31. The minimum Gasteiger partial charge on any atom is -0.383 e. The van der Waals surface area contributed by atoms with E-state index in [1.165, 1.54) is 5.06 Å². The molecule has 3 rings (SSSR count). The fraction of sp³-hybridized carbons (Fsp3) is 0.400. The zero-order chi connectivity index (χ0) is 9.22. The maximum Gasteiger partial charge on any atom is 0.575 e. The van der Waals surface area contributed by atoms with E-state index in [1.807, 2.05) is 0 Å². The van der Waals surface area contributed by atoms with Crippen molar-refractivity contribution >= 4 is 13.7 Å². The number of hydrogen-bond acceptors (Lipinski definition) is 6. The number of phosphoric acid groups is 1. The monoisotopic (exact) mass is 204 g/mol. The first-order valence-corrected chi connectivity index (χ1v) is 5.04. The van der Waals surface area contributed by atoms with Crippen molar-refractivity contribution in [3.8, 4) is 0 Å². The van der Waals surface area contributed by atoms with Gasteiger partial charge in [0.25, 0.3) is 5.91 Å². The zero-order valence-corrected chi connectivity index (χ0v) is 7.48. The van der Waals surface area contributed by atoms with Crippen molar-refractivity contribution in [2.75, 3.05) is 6.67 Å². The second kappa shape index (κ2) is 1.89. The summed E-state index contributed by atoms with van der Waals surface area (Å²) in [6.07, 6.45) is 0. The third kappa shape index (κ3) is 0.763. The van der Waals surface area contributed by atoms with Crippen molar-refractivity contribution in [2.24, 2.45) is 0 Å². The highest BCUT2D eigenvalue weighted by Gasteiger charge is 2.55. The molecular weight excluding hydrogens is 199 g/mol. The number of amides is 1. The Kier molecular flexibility index (Phi) is 1.07. The molecule has 0 aromatic rings. The van der Waals surface area contributed by atoms with E-state index >= 15 is 0 Å². The highest BCUT2D eigenvalue weighted by Crippen LogP contribution is 2.63. The van der Waals surface area contributed by atoms with Gasteiger partial charge in [-0.15, -0.1) is 0 Å². The van der Waals surface area contributed by atoms with Gasteiger partial charge in [-0.3, -0.25) is 4.79 Å². The highest BCUT2D eigenvalue weighted by molar-refractivity contribution is 7.48. The van der Waals surface area contributed by atoms with E-state index < -0.39 is 7.82 Å². The van der Waals surface area contributed by atoms with Crippen LogP contribution < -0.4 is 0 Å². The number of hydroxylamine groups is 4. The molecule has 0 N–H and O–H groups in total. The van der Waals surface area contributed by atoms with E-state index in [4.69, 9.17) is 13.8 Å². The van der Waals surface area contributed by atoms with Crippen LogP contribution in [0.1, 0.15) is 6.92 Å². The first-order chi connectivity index (χ1) is 6.09. The maximum absolute atomic E-state index is 11.5. The normalized spacial score (nSPS) is 35.9. The molecule has 0 radical (unpaired) electrons. The van der Waals surface area contributed by atoms with Crippen LogP contribution in [0.15, 0.2) is 11.5 Å². The summed E-state index contributed by atoms with van der Waals surface area (Å²) in [4.78, 5) is 11.4. The number of nitrogens with zero attached hydrogens (tertiary/aromatic N) is 2. The molecule has 1 unspecified atom stereocenters. The van der Waals surface area contributed by atoms with E-state index in [1.54, 1.807) is 6.92 Å². The molecule has 2 saturated heterocycles. The van der Waals surface area contributed by atoms with Gasteiger partial charge in [-0.05, 0) is 6.92 Å². The van der Waals surface area contributed by atoms with Gasteiger partial charge in [0.1, 0.15) is 6.67 Å². The Morgan fingerprint density at radius 1 is 1.38 bits per heavy atom. The van der Waals surface area contributed by atoms with E-state index in [0.717, 1.165) is 5.06 Å². The number of rotatable bonds is 0. The molecular formula is C5H5N2O5P. The van der Waals surface area contributed by atoms with Gasteiger partial charge in [-0.2, -0.15) is 19.4 Å². The first-order valence-electron chi connectivity index (χ1n) is 3.58. The second-order valence-corrected chi connectivity index (χ2v) is 4.24. The lowest BCUT2D eigenvalue weighted by Crippen LogP contribution is -2.45. The molecule has 1 amide bonds. The average Bonchev–Trinajstić information content (AvgIpc) is 2.28. The quantitative estimate of drug-likeness (QED) is 0.530. The number of carbonyl (C=O) groups excluding carboxylic acids is 1. The van der Waals surface area contributed by atoms with Crippen molar-refractivity contribution in [3.05, 3.63) is 11.5 Å². The Morgan fingerprint density at radius 3 is 2.85 bits per heavy atom. The first kappa shape index (κ1) is 7.37. The van der Waals surface area contributed by atoms with Gasteiger partial charge in [-0.1, -0.05) is 0 Å². The summed E-state index contributed by atoms with van der Waals surface area (Å²) >= 11 is 0. The van der Waals surface area contributed by atoms with Gasteiger partial charge in [0.2, 0.25) is 5.88 Å². The third-order valence-corrected chi connectivity index (χ3v) is 3.14. The highest BCUT2D eigenvalue weighted by atomic mass is 31.2. The Bertz CT molecular complexity index is 390. The molecule has 3 bridgehead atoms. The Labute approximate surface area is 73.0 Å². The van der Waals surface area contributed by atoms with Gasteiger partial charge in [0, 0.05) is 0 Å². The van der Waals surface area contributed by atoms with Crippen molar-refractivity contribution in [1.82, 2.24) is 10.1 Å². The smallest absolute Gasteiger partial charge is 0.383 e. The van der Waals surface area contributed by atoms with Gasteiger partial charge >= 0.3 is 7.82 Å². The predicted octanol–water partition coefficient (Wildman–Crippen LogP) is 0.335. The molecule has 8 heteroatoms. The standard InChI is InChI=1S/C5H5N2O5P/c1-3-4(8)6-2-7-5(3)10-13(9,11-6)12-7/h2H2,1H3. The molecule has 0 aromatic heterocycles. The van der Waals surface area contributed by atoms with Crippen molar-refractivity contribution < 1.29 is 23.1 Å². The molecule has 3 aliphatic rings. The Hall–Kier alpha value is -1.04. The SMILES string of the molecule is CC1=C2OP3(=O)ON(CN2O3)C1=O. The van der Waals surface area contributed by atoms with Gasteiger partial charge in [-0.25, -0.2) is 4.57 Å². The van der Waals surface area contributed by atoms with E-state index in [0.29, 0.717) is 5.57 Å². The third-order valence-electron chi connectivity index (χ3n) is 1.95. The lowest BCUT2D eigenvalue weighted by molar-refractivity contribution is -0.210. The molecule has 1 atom stereocenters. The topological polar surface area (TPSA) is 68.3 Å². The van der Waals surface area contributed by atoms with Crippen molar-refractivity contribution in [1.29, 1.82) is 0 Å². The predicted molar refractivity (Wildman–Crippen MR) is 37.1 cm³/mol. The summed E-state index contributed by atoms with van der Waals surface area (Å²) in [6.45, 7) is 1.65. The Balaban J connectivity index is 2.23. The molecule has 2 fully saturated rings. The van der Waals surface area contributed by atoms with Gasteiger partial charge < -0.3 is 4.52 Å². The summed E-state index contributed by atoms with van der Waals surface area (Å²) in [5.74, 6) is -0.144. The largest absolute Gasteiger partial charge is 0.575 e. The fourth-order valence-corrected chi connectivity index (χ4v) is 2.62. The van der Waals surface area contributed by atoms with Crippen LogP contribution in [0.3, 0.4) is 0 Å². The van der Waals surface area contributed by atoms with Gasteiger partial charge in [0.15, 0.2) is 0 Å². The van der Waals surface area contributed by atoms with Crippen LogP contribution in [-0.4, -0.2) is 22.7 Å². The molecule has 13 heavy (non-hydrogen) atoms. The van der Waals surface area contributed by atoms with Crippen LogP contribution in [0.5, 0.6) is 0 Å². The molecule has 3 heterocycles. The van der Waals surface area contributed by atoms with Crippen LogP contribution in [0.4, 0.5) is 0 Å². The number of hydrogen-bond donors (Lipinski definition) is 0. The van der Waals surface area contributed by atoms with Crippen LogP contribution in [0.2, 0.25) is 0 Å². The summed E-state index contributed by atoms with van der Waals surface area (Å²) in [6, 6.07) is 0. The molecule has 0 spiro atoms. The number of fused-ring (bicyclic) bond motifs is 2. The molecule has 70 valence electrons. The van der Waals surface area contributed by atoms with E-state index in [9.17, 15) is 9.36 Å². The maximum atomic E-state index is 11.5. The Morgan fingerprint density at radius 2 is 2.08 bits per heavy atom. The minimum absolute atomic E-state index is 0.0928. The summed E-state index contributed by atoms with van der Waals surface area (Å²) < 4.78 is 25.9. The second-order valence-electron chi connectivity index (χ2n) is 2.84. The molecule has 3 aliphatic heterocycles. The van der Waals surface area contributed by atoms with Crippen molar-refractivity contribution in [2.45, 2.75) is 6.92 Å². The average molecular weight is 204 g/mol. The van der Waals surface area contributed by atoms with Crippen LogP contribution in [0.25, 0.3) is 0 Å². The van der Waals surface area contributed by atoms with Crippen molar-refractivity contribution in [3.63, 3.8) is 0 Å². The molecule has 0 saturated carbocycles. The summed E-state index contributed by atoms with van der Waals surface area (Å²) in [5.41, 5.74) is 0.335. The van der Waals surface area contributed by atoms with E-state index in [2.05, 4.69) is 0 Å². The molecule has 7 nitrogen and oxygen atoms in total. The van der Waals surface area contributed by atoms with Crippen LogP contribution in [0, 0.1) is 0 Å². The summed E-state index contributed by atoms with van der Waals surface area (Å²) in [5, 5.41) is 2.22. The fourth-order valence-electron chi connectivity index (χ4n) is 1.35. The van der Waals surface area contributed by atoms with E-state index in [-0.39, 0.29) is 18.5 Å². The van der Waals surface area contributed by atoms with Gasteiger partial charge in [0.05, 0.1) is 5.57 Å². The minimum atomic E-state index is -3.57. The van der Waals surface area contributed by atoms with Crippen LogP contribution >= 0.6 is 7.82 Å². The summed E-state index contributed by atoms with van der Waals surface area (Å²) in [7, 11) is -3.57. The van der Waals surface area contributed by atoms with Crippen LogP contribution in [-0.2, 0) is 23.1 Å².